The van der Waals surface area contributed by atoms with Gasteiger partial charge >= 0.3 is 13.8 Å². The summed E-state index contributed by atoms with van der Waals surface area (Å²) in [6.07, 6.45) is 48.2. The van der Waals surface area contributed by atoms with E-state index in [4.69, 9.17) is 18.5 Å². The van der Waals surface area contributed by atoms with Crippen LogP contribution in [0.5, 0.6) is 0 Å². The molecule has 0 saturated heterocycles. The molecule has 55 heavy (non-hydrogen) atoms. The molecule has 0 aromatic heterocycles. The lowest BCUT2D eigenvalue weighted by molar-refractivity contribution is -0.870. The summed E-state index contributed by atoms with van der Waals surface area (Å²) in [6, 6.07) is 0. The fourth-order valence-corrected chi connectivity index (χ4v) is 6.34. The quantitative estimate of drug-likeness (QED) is 0.0217. The van der Waals surface area contributed by atoms with Gasteiger partial charge in [-0.15, -0.1) is 0 Å². The molecule has 0 saturated carbocycles. The van der Waals surface area contributed by atoms with Crippen molar-refractivity contribution >= 4 is 13.8 Å². The van der Waals surface area contributed by atoms with Crippen LogP contribution in [0.25, 0.3) is 0 Å². The molecule has 0 heterocycles. The average Bonchev–Trinajstić information content (AvgIpc) is 3.13. The number of unbranched alkanes of at least 4 members (excludes halogenated alkanes) is 16. The standard InChI is InChI=1S/C46H84NO7P/c1-6-8-10-12-14-16-18-20-22-23-24-25-26-27-29-31-33-35-37-39-46(48)54-45(44-53-55(49,50)52-42-40-47(3,4)5)43-51-41-38-36-34-32-30-28-21-19-17-15-13-11-9-7-2/h11,13-14,16-17,19-20,22,24-25,45H,6-10,12,15,18,21,23,26-44H2,1-5H3/p+1/b13-11-,16-14-,19-17-,22-20-,25-24-. The first kappa shape index (κ1) is 53.2. The number of phosphoric ester groups is 1. The van der Waals surface area contributed by atoms with Gasteiger partial charge in [0.2, 0.25) is 0 Å². The molecular weight excluding hydrogens is 709 g/mol. The summed E-state index contributed by atoms with van der Waals surface area (Å²) < 4.78 is 35.0. The molecule has 1 N–H and O–H groups in total. The third-order valence-corrected chi connectivity index (χ3v) is 10.0. The van der Waals surface area contributed by atoms with Gasteiger partial charge in [-0.05, 0) is 77.0 Å². The van der Waals surface area contributed by atoms with Gasteiger partial charge in [0.1, 0.15) is 19.3 Å². The van der Waals surface area contributed by atoms with Crippen LogP contribution in [0, 0.1) is 0 Å². The predicted molar refractivity (Wildman–Crippen MR) is 233 cm³/mol. The second-order valence-electron chi connectivity index (χ2n) is 15.7. The third kappa shape index (κ3) is 43.2. The van der Waals surface area contributed by atoms with Crippen LogP contribution in [0.15, 0.2) is 60.8 Å². The lowest BCUT2D eigenvalue weighted by Crippen LogP contribution is -2.37. The molecule has 0 aromatic carbocycles. The van der Waals surface area contributed by atoms with Crippen LogP contribution in [0.2, 0.25) is 0 Å². The number of esters is 1. The van der Waals surface area contributed by atoms with Crippen molar-refractivity contribution in [3.8, 4) is 0 Å². The molecular formula is C46H85NO7P+. The van der Waals surface area contributed by atoms with E-state index >= 15 is 0 Å². The highest BCUT2D eigenvalue weighted by atomic mass is 31.2. The fourth-order valence-electron chi connectivity index (χ4n) is 5.60. The summed E-state index contributed by atoms with van der Waals surface area (Å²) in [7, 11) is 1.64. The maximum absolute atomic E-state index is 12.7. The van der Waals surface area contributed by atoms with Crippen molar-refractivity contribution in [2.24, 2.45) is 0 Å². The van der Waals surface area contributed by atoms with E-state index in [2.05, 4.69) is 74.6 Å². The second kappa shape index (κ2) is 39.0. The molecule has 0 fully saturated rings. The highest BCUT2D eigenvalue weighted by molar-refractivity contribution is 7.47. The SMILES string of the molecule is CCC/C=C\C/C=C\CCCCCCCCOCC(COP(=O)(O)OCC[N+](C)(C)C)OC(=O)CCCCCCCC/C=C\C/C=C\C/C=C\CCCCC. The molecule has 0 aromatic rings. The number of phosphoric acid groups is 1. The van der Waals surface area contributed by atoms with Crippen molar-refractivity contribution in [2.45, 2.75) is 174 Å². The zero-order valence-corrected chi connectivity index (χ0v) is 37.0. The van der Waals surface area contributed by atoms with E-state index in [1.807, 2.05) is 21.1 Å². The molecule has 8 nitrogen and oxygen atoms in total. The minimum atomic E-state index is -4.28. The Labute approximate surface area is 339 Å². The van der Waals surface area contributed by atoms with Gasteiger partial charge in [0.25, 0.3) is 0 Å². The zero-order valence-electron chi connectivity index (χ0n) is 36.1. The smallest absolute Gasteiger partial charge is 0.457 e. The number of rotatable bonds is 40. The first-order valence-corrected chi connectivity index (χ1v) is 23.5. The van der Waals surface area contributed by atoms with Gasteiger partial charge in [0.15, 0.2) is 0 Å². The number of hydrogen-bond donors (Lipinski definition) is 1. The Hall–Kier alpha value is -1.80. The molecule has 320 valence electrons. The number of allylic oxidation sites excluding steroid dienone is 10. The summed E-state index contributed by atoms with van der Waals surface area (Å²) in [6.45, 7) is 5.48. The van der Waals surface area contributed by atoms with Crippen LogP contribution < -0.4 is 0 Å². The molecule has 9 heteroatoms. The fraction of sp³-hybridized carbons (Fsp3) is 0.761. The van der Waals surface area contributed by atoms with E-state index in [1.165, 1.54) is 70.6 Å². The van der Waals surface area contributed by atoms with E-state index in [0.717, 1.165) is 77.0 Å². The molecule has 0 spiro atoms. The monoisotopic (exact) mass is 795 g/mol. The summed E-state index contributed by atoms with van der Waals surface area (Å²) in [5.41, 5.74) is 0. The first-order valence-electron chi connectivity index (χ1n) is 22.0. The lowest BCUT2D eigenvalue weighted by atomic mass is 10.1. The number of nitrogens with zero attached hydrogens (tertiary/aromatic N) is 1. The highest BCUT2D eigenvalue weighted by Gasteiger charge is 2.26. The molecule has 0 radical (unpaired) electrons. The number of likely N-dealkylation sites (N-methyl/N-ethyl adjacent to an activating group) is 1. The van der Waals surface area contributed by atoms with Gasteiger partial charge < -0.3 is 18.9 Å². The number of quaternary nitrogens is 1. The second-order valence-corrected chi connectivity index (χ2v) is 17.2. The summed E-state index contributed by atoms with van der Waals surface area (Å²) >= 11 is 0. The molecule has 2 atom stereocenters. The molecule has 0 aliphatic rings. The number of carbonyl (C=O) groups excluding carboxylic acids is 1. The Morgan fingerprint density at radius 2 is 1.04 bits per heavy atom. The summed E-state index contributed by atoms with van der Waals surface area (Å²) in [5, 5.41) is 0. The van der Waals surface area contributed by atoms with E-state index in [-0.39, 0.29) is 25.8 Å². The lowest BCUT2D eigenvalue weighted by Gasteiger charge is -2.24. The number of carbonyl (C=O) groups is 1. The Kier molecular flexibility index (Phi) is 37.8. The van der Waals surface area contributed by atoms with Crippen LogP contribution in [0.4, 0.5) is 0 Å². The highest BCUT2D eigenvalue weighted by Crippen LogP contribution is 2.43. The van der Waals surface area contributed by atoms with Crippen molar-refractivity contribution < 1.29 is 37.3 Å². The van der Waals surface area contributed by atoms with Crippen LogP contribution in [0.3, 0.4) is 0 Å². The Balaban J connectivity index is 4.28. The molecule has 0 rings (SSSR count). The average molecular weight is 795 g/mol. The predicted octanol–water partition coefficient (Wildman–Crippen LogP) is 12.9. The normalized spacial score (nSPS) is 14.4. The zero-order chi connectivity index (χ0) is 40.6. The van der Waals surface area contributed by atoms with Gasteiger partial charge in [-0.3, -0.25) is 13.8 Å². The molecule has 0 bridgehead atoms. The van der Waals surface area contributed by atoms with Crippen LogP contribution in [-0.2, 0) is 27.9 Å². The Morgan fingerprint density at radius 1 is 0.564 bits per heavy atom. The Morgan fingerprint density at radius 3 is 1.56 bits per heavy atom. The van der Waals surface area contributed by atoms with E-state index in [0.29, 0.717) is 24.1 Å². The van der Waals surface area contributed by atoms with Gasteiger partial charge in [-0.25, -0.2) is 4.57 Å². The van der Waals surface area contributed by atoms with Crippen LogP contribution in [-0.4, -0.2) is 75.6 Å². The minimum Gasteiger partial charge on any atom is -0.457 e. The Bertz CT molecular complexity index is 1060. The maximum atomic E-state index is 12.7. The van der Waals surface area contributed by atoms with Gasteiger partial charge in [0.05, 0.1) is 34.4 Å². The molecule has 0 aliphatic heterocycles. The van der Waals surface area contributed by atoms with Gasteiger partial charge in [-0.1, -0.05) is 145 Å². The van der Waals surface area contributed by atoms with E-state index in [1.54, 1.807) is 0 Å². The summed E-state index contributed by atoms with van der Waals surface area (Å²) in [4.78, 5) is 22.9. The topological polar surface area (TPSA) is 91.3 Å². The minimum absolute atomic E-state index is 0.0809. The van der Waals surface area contributed by atoms with Crippen LogP contribution in [0.1, 0.15) is 168 Å². The van der Waals surface area contributed by atoms with Gasteiger partial charge in [0, 0.05) is 13.0 Å². The van der Waals surface area contributed by atoms with Crippen molar-refractivity contribution in [3.63, 3.8) is 0 Å². The van der Waals surface area contributed by atoms with Crippen molar-refractivity contribution in [2.75, 3.05) is 54.1 Å². The van der Waals surface area contributed by atoms with E-state index < -0.39 is 13.9 Å². The van der Waals surface area contributed by atoms with Crippen molar-refractivity contribution in [3.05, 3.63) is 60.8 Å². The molecule has 2 unspecified atom stereocenters. The first-order chi connectivity index (χ1) is 26.6. The summed E-state index contributed by atoms with van der Waals surface area (Å²) in [5.74, 6) is -0.332. The number of ether oxygens (including phenoxy) is 2. The van der Waals surface area contributed by atoms with E-state index in [9.17, 15) is 14.3 Å². The number of hydrogen-bond acceptors (Lipinski definition) is 6. The van der Waals surface area contributed by atoms with Crippen LogP contribution >= 0.6 is 7.82 Å². The van der Waals surface area contributed by atoms with Gasteiger partial charge in [-0.2, -0.15) is 0 Å². The van der Waals surface area contributed by atoms with Crippen molar-refractivity contribution in [1.82, 2.24) is 0 Å². The van der Waals surface area contributed by atoms with Crippen molar-refractivity contribution in [1.29, 1.82) is 0 Å². The molecule has 0 amide bonds. The molecule has 0 aliphatic carbocycles. The maximum Gasteiger partial charge on any atom is 0.472 e. The largest absolute Gasteiger partial charge is 0.472 e. The third-order valence-electron chi connectivity index (χ3n) is 9.03.